The van der Waals surface area contributed by atoms with Crippen molar-refractivity contribution in [3.8, 4) is 0 Å². The summed E-state index contributed by atoms with van der Waals surface area (Å²) in [6, 6.07) is -0.742. The van der Waals surface area contributed by atoms with E-state index in [0.717, 1.165) is 44.9 Å². The highest BCUT2D eigenvalue weighted by Gasteiger charge is 2.26. The number of amides is 2. The molecule has 0 rings (SSSR count). The second-order valence-corrected chi connectivity index (χ2v) is 10.8. The minimum atomic E-state index is -0.942. The van der Waals surface area contributed by atoms with Crippen LogP contribution >= 0.6 is 0 Å². The van der Waals surface area contributed by atoms with E-state index in [2.05, 4.69) is 26.1 Å². The van der Waals surface area contributed by atoms with Gasteiger partial charge in [0.1, 0.15) is 6.04 Å². The van der Waals surface area contributed by atoms with Crippen LogP contribution in [0.5, 0.6) is 0 Å². The Labute approximate surface area is 228 Å². The first-order valence-corrected chi connectivity index (χ1v) is 15.8. The first-order chi connectivity index (χ1) is 18.0. The standard InChI is InChI=1S/C31H60N2O4/c1-4-7-10-11-12-13-14-15-16-17-18-19-20-21-22-23-29(34)32-28(24-25-30(35)36)31(37)33(26-8-5-2)27-9-6-3/h28H,4-27H2,1-3H3,(H,32,34)(H,35,36). The van der Waals surface area contributed by atoms with Crippen LogP contribution in [0.2, 0.25) is 0 Å². The average molecular weight is 525 g/mol. The zero-order chi connectivity index (χ0) is 27.6. The Bertz CT molecular complexity index is 559. The second-order valence-electron chi connectivity index (χ2n) is 10.8. The summed E-state index contributed by atoms with van der Waals surface area (Å²) in [7, 11) is 0. The number of unbranched alkanes of at least 4 members (excludes halogenated alkanes) is 16. The number of carboxylic acid groups (broad SMARTS) is 1. The van der Waals surface area contributed by atoms with Gasteiger partial charge in [-0.2, -0.15) is 0 Å². The zero-order valence-corrected chi connectivity index (χ0v) is 24.7. The van der Waals surface area contributed by atoms with Gasteiger partial charge in [0.25, 0.3) is 0 Å². The smallest absolute Gasteiger partial charge is 0.303 e. The molecule has 0 saturated heterocycles. The van der Waals surface area contributed by atoms with Crippen molar-refractivity contribution in [3.05, 3.63) is 0 Å². The molecule has 0 aliphatic rings. The molecule has 0 bridgehead atoms. The van der Waals surface area contributed by atoms with Crippen LogP contribution in [0.1, 0.15) is 162 Å². The van der Waals surface area contributed by atoms with Gasteiger partial charge in [0.05, 0.1) is 0 Å². The predicted molar refractivity (Wildman–Crippen MR) is 155 cm³/mol. The zero-order valence-electron chi connectivity index (χ0n) is 24.7. The Morgan fingerprint density at radius 1 is 0.595 bits per heavy atom. The first kappa shape index (κ1) is 35.4. The molecule has 6 heteroatoms. The Morgan fingerprint density at radius 3 is 1.41 bits per heavy atom. The Balaban J connectivity index is 4.12. The van der Waals surface area contributed by atoms with Crippen molar-refractivity contribution in [2.75, 3.05) is 13.1 Å². The number of carbonyl (C=O) groups excluding carboxylic acids is 2. The fourth-order valence-corrected chi connectivity index (χ4v) is 4.70. The number of nitrogens with one attached hydrogen (secondary N) is 1. The molecule has 0 saturated carbocycles. The summed E-state index contributed by atoms with van der Waals surface area (Å²) in [6.07, 6.45) is 23.4. The molecule has 1 unspecified atom stereocenters. The maximum absolute atomic E-state index is 13.1. The van der Waals surface area contributed by atoms with Crippen molar-refractivity contribution in [1.29, 1.82) is 0 Å². The monoisotopic (exact) mass is 524 g/mol. The molecule has 1 atom stereocenters. The molecule has 0 aromatic carbocycles. The third kappa shape index (κ3) is 22.1. The molecule has 2 N–H and O–H groups in total. The molecule has 0 aliphatic heterocycles. The fourth-order valence-electron chi connectivity index (χ4n) is 4.70. The van der Waals surface area contributed by atoms with Crippen LogP contribution in [-0.4, -0.2) is 46.9 Å². The van der Waals surface area contributed by atoms with Gasteiger partial charge in [-0.1, -0.05) is 124 Å². The molecule has 0 radical (unpaired) electrons. The predicted octanol–water partition coefficient (Wildman–Crippen LogP) is 8.03. The van der Waals surface area contributed by atoms with Crippen molar-refractivity contribution in [3.63, 3.8) is 0 Å². The highest BCUT2D eigenvalue weighted by molar-refractivity contribution is 5.88. The van der Waals surface area contributed by atoms with Crippen molar-refractivity contribution in [2.45, 2.75) is 168 Å². The van der Waals surface area contributed by atoms with Crippen LogP contribution in [0.15, 0.2) is 0 Å². The lowest BCUT2D eigenvalue weighted by atomic mass is 10.0. The molecule has 0 heterocycles. The van der Waals surface area contributed by atoms with Gasteiger partial charge < -0.3 is 15.3 Å². The molecule has 0 spiro atoms. The lowest BCUT2D eigenvalue weighted by Crippen LogP contribution is -2.49. The van der Waals surface area contributed by atoms with Gasteiger partial charge in [-0.05, 0) is 25.7 Å². The number of aliphatic carboxylic acids is 1. The van der Waals surface area contributed by atoms with Crippen LogP contribution in [0.25, 0.3) is 0 Å². The van der Waals surface area contributed by atoms with Gasteiger partial charge in [-0.3, -0.25) is 14.4 Å². The van der Waals surface area contributed by atoms with Crippen molar-refractivity contribution in [1.82, 2.24) is 10.2 Å². The van der Waals surface area contributed by atoms with Crippen LogP contribution in [0.3, 0.4) is 0 Å². The molecular formula is C31H60N2O4. The van der Waals surface area contributed by atoms with E-state index in [9.17, 15) is 14.4 Å². The van der Waals surface area contributed by atoms with Gasteiger partial charge in [0.2, 0.25) is 11.8 Å². The lowest BCUT2D eigenvalue weighted by Gasteiger charge is -2.28. The van der Waals surface area contributed by atoms with Gasteiger partial charge in [0, 0.05) is 25.9 Å². The Hall–Kier alpha value is -1.59. The summed E-state index contributed by atoms with van der Waals surface area (Å²) in [4.78, 5) is 38.6. The molecule has 218 valence electrons. The summed E-state index contributed by atoms with van der Waals surface area (Å²) < 4.78 is 0. The first-order valence-electron chi connectivity index (χ1n) is 15.8. The molecule has 2 amide bonds. The van der Waals surface area contributed by atoms with E-state index in [1.54, 1.807) is 0 Å². The molecule has 6 nitrogen and oxygen atoms in total. The van der Waals surface area contributed by atoms with Gasteiger partial charge in [-0.25, -0.2) is 0 Å². The molecule has 0 aliphatic carbocycles. The number of carboxylic acids is 1. The fraction of sp³-hybridized carbons (Fsp3) is 0.903. The number of nitrogens with zero attached hydrogens (tertiary/aromatic N) is 1. The second kappa shape index (κ2) is 26.0. The number of rotatable bonds is 27. The van der Waals surface area contributed by atoms with Gasteiger partial charge >= 0.3 is 5.97 Å². The third-order valence-electron chi connectivity index (χ3n) is 7.16. The average Bonchev–Trinajstić information content (AvgIpc) is 2.88. The van der Waals surface area contributed by atoms with E-state index in [1.807, 2.05) is 4.90 Å². The van der Waals surface area contributed by atoms with Crippen LogP contribution < -0.4 is 5.32 Å². The van der Waals surface area contributed by atoms with E-state index >= 15 is 0 Å². The molecule has 0 fully saturated rings. The molecule has 0 aromatic rings. The van der Waals surface area contributed by atoms with Crippen molar-refractivity contribution in [2.24, 2.45) is 0 Å². The molecule has 0 aromatic heterocycles. The Morgan fingerprint density at radius 2 is 1.00 bits per heavy atom. The largest absolute Gasteiger partial charge is 0.481 e. The molecule has 37 heavy (non-hydrogen) atoms. The number of hydrogen-bond donors (Lipinski definition) is 2. The minimum absolute atomic E-state index is 0.120. The minimum Gasteiger partial charge on any atom is -0.481 e. The van der Waals surface area contributed by atoms with Crippen LogP contribution in [0, 0.1) is 0 Å². The highest BCUT2D eigenvalue weighted by Crippen LogP contribution is 2.14. The number of hydrogen-bond acceptors (Lipinski definition) is 3. The number of carbonyl (C=O) groups is 3. The SMILES string of the molecule is CCCCCCCCCCCCCCCCCC(=O)NC(CCC(=O)O)C(=O)N(CCCC)CCCC. The highest BCUT2D eigenvalue weighted by atomic mass is 16.4. The topological polar surface area (TPSA) is 86.7 Å². The van der Waals surface area contributed by atoms with E-state index in [-0.39, 0.29) is 24.7 Å². The summed E-state index contributed by atoms with van der Waals surface area (Å²) >= 11 is 0. The van der Waals surface area contributed by atoms with Crippen LogP contribution in [0.4, 0.5) is 0 Å². The van der Waals surface area contributed by atoms with E-state index in [0.29, 0.717) is 19.5 Å². The maximum Gasteiger partial charge on any atom is 0.303 e. The quantitative estimate of drug-likeness (QED) is 0.106. The van der Waals surface area contributed by atoms with E-state index in [4.69, 9.17) is 5.11 Å². The molecular weight excluding hydrogens is 464 g/mol. The Kier molecular flexibility index (Phi) is 24.9. The summed E-state index contributed by atoms with van der Waals surface area (Å²) in [5.74, 6) is -1.21. The van der Waals surface area contributed by atoms with Crippen molar-refractivity contribution < 1.29 is 19.5 Å². The van der Waals surface area contributed by atoms with E-state index in [1.165, 1.54) is 77.0 Å². The van der Waals surface area contributed by atoms with Crippen LogP contribution in [-0.2, 0) is 14.4 Å². The maximum atomic E-state index is 13.1. The summed E-state index contributed by atoms with van der Waals surface area (Å²) in [6.45, 7) is 7.76. The summed E-state index contributed by atoms with van der Waals surface area (Å²) in [5, 5.41) is 12.0. The summed E-state index contributed by atoms with van der Waals surface area (Å²) in [5.41, 5.74) is 0. The lowest BCUT2D eigenvalue weighted by molar-refractivity contribution is -0.139. The van der Waals surface area contributed by atoms with E-state index < -0.39 is 12.0 Å². The van der Waals surface area contributed by atoms with Gasteiger partial charge in [0.15, 0.2) is 0 Å². The van der Waals surface area contributed by atoms with Gasteiger partial charge in [-0.15, -0.1) is 0 Å². The van der Waals surface area contributed by atoms with Crippen molar-refractivity contribution >= 4 is 17.8 Å². The third-order valence-corrected chi connectivity index (χ3v) is 7.16. The normalized spacial score (nSPS) is 11.9.